The van der Waals surface area contributed by atoms with Crippen LogP contribution in [0.3, 0.4) is 0 Å². The molecule has 2 heterocycles. The normalized spacial score (nSPS) is 15.5. The van der Waals surface area contributed by atoms with Gasteiger partial charge in [-0.15, -0.1) is 0 Å². The van der Waals surface area contributed by atoms with Gasteiger partial charge in [-0.3, -0.25) is 9.78 Å². The summed E-state index contributed by atoms with van der Waals surface area (Å²) in [5, 5.41) is 3.34. The highest BCUT2D eigenvalue weighted by Gasteiger charge is 2.42. The van der Waals surface area contributed by atoms with Gasteiger partial charge in [-0.1, -0.05) is 36.4 Å². The van der Waals surface area contributed by atoms with Crippen molar-refractivity contribution in [1.82, 2.24) is 15.2 Å². The summed E-state index contributed by atoms with van der Waals surface area (Å²) in [5.74, 6) is 0.416. The molecule has 34 heavy (non-hydrogen) atoms. The summed E-state index contributed by atoms with van der Waals surface area (Å²) in [6.07, 6.45) is 3.29. The Balaban J connectivity index is 1.76. The molecular formula is C28H32FN3O2. The number of piperidine rings is 1. The number of halogens is 1. The number of pyridine rings is 1. The molecule has 5 nitrogen and oxygen atoms in total. The highest BCUT2D eigenvalue weighted by atomic mass is 19.1. The maximum absolute atomic E-state index is 14.2. The number of rotatable bonds is 8. The maximum atomic E-state index is 14.2. The van der Waals surface area contributed by atoms with Crippen LogP contribution in [0, 0.1) is 11.7 Å². The van der Waals surface area contributed by atoms with Crippen molar-refractivity contribution in [3.8, 4) is 5.75 Å². The van der Waals surface area contributed by atoms with Crippen molar-refractivity contribution in [3.05, 3.63) is 96.1 Å². The van der Waals surface area contributed by atoms with Crippen molar-refractivity contribution >= 4 is 5.91 Å². The van der Waals surface area contributed by atoms with Crippen LogP contribution in [0.4, 0.5) is 4.39 Å². The summed E-state index contributed by atoms with van der Waals surface area (Å²) in [6, 6.07) is 21.2. The number of benzene rings is 2. The van der Waals surface area contributed by atoms with Gasteiger partial charge >= 0.3 is 0 Å². The van der Waals surface area contributed by atoms with Crippen LogP contribution >= 0.6 is 0 Å². The number of carbonyl (C=O) groups excluding carboxylic acids is 1. The minimum Gasteiger partial charge on any atom is -0.491 e. The van der Waals surface area contributed by atoms with Crippen LogP contribution in [-0.4, -0.2) is 41.0 Å². The molecule has 1 aromatic heterocycles. The van der Waals surface area contributed by atoms with Gasteiger partial charge in [0.1, 0.15) is 18.2 Å². The second kappa shape index (κ2) is 10.8. The number of nitrogens with zero attached hydrogens (tertiary/aromatic N) is 2. The van der Waals surface area contributed by atoms with E-state index in [2.05, 4.69) is 10.3 Å². The van der Waals surface area contributed by atoms with Crippen molar-refractivity contribution in [2.75, 3.05) is 19.7 Å². The van der Waals surface area contributed by atoms with Crippen LogP contribution in [0.25, 0.3) is 0 Å². The van der Waals surface area contributed by atoms with Crippen molar-refractivity contribution < 1.29 is 13.9 Å². The third-order valence-corrected chi connectivity index (χ3v) is 6.33. The fourth-order valence-electron chi connectivity index (χ4n) is 4.52. The molecule has 1 amide bonds. The Labute approximate surface area is 201 Å². The lowest BCUT2D eigenvalue weighted by atomic mass is 9.89. The van der Waals surface area contributed by atoms with Gasteiger partial charge in [0, 0.05) is 12.1 Å². The van der Waals surface area contributed by atoms with Gasteiger partial charge in [0.15, 0.2) is 0 Å². The molecule has 6 heteroatoms. The summed E-state index contributed by atoms with van der Waals surface area (Å²) in [7, 11) is 0. The van der Waals surface area contributed by atoms with Gasteiger partial charge in [0.05, 0.1) is 17.3 Å². The number of carbonyl (C=O) groups is 1. The summed E-state index contributed by atoms with van der Waals surface area (Å²) < 4.78 is 20.0. The molecule has 178 valence electrons. The molecular weight excluding hydrogens is 429 g/mol. The summed E-state index contributed by atoms with van der Waals surface area (Å²) in [5.41, 5.74) is 0.883. The standard InChI is InChI=1S/C28H32FN3O2/c1-28(2,20-34-24-8-4-3-5-9-24)32(27(33)22-15-18-30-19-16-22)26(25-10-6-7-17-31-25)21-11-13-23(29)14-12-21/h3-14,17,22,26,30H,15-16,18-20H2,1-2H3. The van der Waals surface area contributed by atoms with Gasteiger partial charge in [-0.2, -0.15) is 0 Å². The van der Waals surface area contributed by atoms with E-state index in [0.29, 0.717) is 6.61 Å². The van der Waals surface area contributed by atoms with Crippen molar-refractivity contribution in [2.24, 2.45) is 5.92 Å². The molecule has 1 aliphatic heterocycles. The van der Waals surface area contributed by atoms with E-state index in [4.69, 9.17) is 4.74 Å². The zero-order valence-corrected chi connectivity index (χ0v) is 19.8. The van der Waals surface area contributed by atoms with Crippen molar-refractivity contribution in [3.63, 3.8) is 0 Å². The Kier molecular flexibility index (Phi) is 7.58. The number of ether oxygens (including phenoxy) is 1. The molecule has 4 rings (SSSR count). The molecule has 1 N–H and O–H groups in total. The predicted octanol–water partition coefficient (Wildman–Crippen LogP) is 5.00. The first-order valence-corrected chi connectivity index (χ1v) is 11.8. The van der Waals surface area contributed by atoms with Gasteiger partial charge in [-0.05, 0) is 81.7 Å². The van der Waals surface area contributed by atoms with Gasteiger partial charge in [-0.25, -0.2) is 4.39 Å². The van der Waals surface area contributed by atoms with E-state index in [9.17, 15) is 9.18 Å². The number of nitrogens with one attached hydrogen (secondary N) is 1. The van der Waals surface area contributed by atoms with Crippen LogP contribution in [0.1, 0.15) is 44.0 Å². The molecule has 1 saturated heterocycles. The smallest absolute Gasteiger partial charge is 0.227 e. The highest BCUT2D eigenvalue weighted by molar-refractivity contribution is 5.81. The van der Waals surface area contributed by atoms with Gasteiger partial charge in [0.2, 0.25) is 5.91 Å². The second-order valence-corrected chi connectivity index (χ2v) is 9.36. The summed E-state index contributed by atoms with van der Waals surface area (Å²) >= 11 is 0. The zero-order chi connectivity index (χ0) is 24.0. The first-order valence-electron chi connectivity index (χ1n) is 11.8. The minimum atomic E-state index is -0.672. The van der Waals surface area contributed by atoms with Gasteiger partial charge < -0.3 is 15.0 Å². The quantitative estimate of drug-likeness (QED) is 0.513. The first kappa shape index (κ1) is 23.9. The van der Waals surface area contributed by atoms with E-state index >= 15 is 0 Å². The molecule has 1 fully saturated rings. The molecule has 0 saturated carbocycles. The Bertz CT molecular complexity index is 1050. The van der Waals surface area contributed by atoms with Gasteiger partial charge in [0.25, 0.3) is 0 Å². The van der Waals surface area contributed by atoms with Crippen LogP contribution in [-0.2, 0) is 4.79 Å². The lowest BCUT2D eigenvalue weighted by Crippen LogP contribution is -2.56. The van der Waals surface area contributed by atoms with E-state index in [-0.39, 0.29) is 17.6 Å². The number of para-hydroxylation sites is 1. The largest absolute Gasteiger partial charge is 0.491 e. The summed E-state index contributed by atoms with van der Waals surface area (Å²) in [6.45, 7) is 5.98. The molecule has 1 atom stereocenters. The number of hydrogen-bond donors (Lipinski definition) is 1. The minimum absolute atomic E-state index is 0.0724. The number of hydrogen-bond acceptors (Lipinski definition) is 4. The molecule has 0 spiro atoms. The first-order chi connectivity index (χ1) is 16.5. The van der Waals surface area contributed by atoms with Crippen molar-refractivity contribution in [2.45, 2.75) is 38.3 Å². The Hall–Kier alpha value is -3.25. The zero-order valence-electron chi connectivity index (χ0n) is 19.8. The van der Waals surface area contributed by atoms with Crippen LogP contribution in [0.5, 0.6) is 5.75 Å². The number of aromatic nitrogens is 1. The molecule has 0 radical (unpaired) electrons. The third-order valence-electron chi connectivity index (χ3n) is 6.33. The van der Waals surface area contributed by atoms with Crippen LogP contribution in [0.15, 0.2) is 79.0 Å². The fraction of sp³-hybridized carbons (Fsp3) is 0.357. The Morgan fingerprint density at radius 2 is 1.74 bits per heavy atom. The molecule has 2 aromatic carbocycles. The molecule has 3 aromatic rings. The average Bonchev–Trinajstić information content (AvgIpc) is 2.88. The second-order valence-electron chi connectivity index (χ2n) is 9.36. The van der Waals surface area contributed by atoms with E-state index in [1.165, 1.54) is 12.1 Å². The molecule has 0 bridgehead atoms. The molecule has 1 aliphatic rings. The lowest BCUT2D eigenvalue weighted by Gasteiger charge is -2.45. The lowest BCUT2D eigenvalue weighted by molar-refractivity contribution is -0.146. The van der Waals surface area contributed by atoms with E-state index < -0.39 is 11.6 Å². The van der Waals surface area contributed by atoms with E-state index in [0.717, 1.165) is 42.9 Å². The molecule has 1 unspecified atom stereocenters. The summed E-state index contributed by atoms with van der Waals surface area (Å²) in [4.78, 5) is 20.7. The monoisotopic (exact) mass is 461 g/mol. The maximum Gasteiger partial charge on any atom is 0.227 e. The highest BCUT2D eigenvalue weighted by Crippen LogP contribution is 2.36. The predicted molar refractivity (Wildman–Crippen MR) is 131 cm³/mol. The topological polar surface area (TPSA) is 54.5 Å². The van der Waals surface area contributed by atoms with Crippen LogP contribution in [0.2, 0.25) is 0 Å². The average molecular weight is 462 g/mol. The SMILES string of the molecule is CC(C)(COc1ccccc1)N(C(=O)C1CCNCC1)C(c1ccc(F)cc1)c1ccccn1. The molecule has 0 aliphatic carbocycles. The van der Waals surface area contributed by atoms with E-state index in [1.807, 2.05) is 67.3 Å². The van der Waals surface area contributed by atoms with Crippen molar-refractivity contribution in [1.29, 1.82) is 0 Å². The Morgan fingerprint density at radius 1 is 1.06 bits per heavy atom. The van der Waals surface area contributed by atoms with E-state index in [1.54, 1.807) is 18.3 Å². The third kappa shape index (κ3) is 5.62. The van der Waals surface area contributed by atoms with Crippen LogP contribution < -0.4 is 10.1 Å². The Morgan fingerprint density at radius 3 is 2.38 bits per heavy atom. The fourth-order valence-corrected chi connectivity index (χ4v) is 4.52. The number of amides is 1.